The number of halogens is 5. The second kappa shape index (κ2) is 10.2. The maximum Gasteiger partial charge on any atom is 0.255 e. The van der Waals surface area contributed by atoms with Gasteiger partial charge in [-0.15, -0.1) is 0 Å². The average Bonchev–Trinajstić information content (AvgIpc) is 2.91. The van der Waals surface area contributed by atoms with Crippen LogP contribution in [0.4, 0.5) is 29.1 Å². The number of piperazine rings is 1. The van der Waals surface area contributed by atoms with E-state index in [9.17, 15) is 22.4 Å². The normalized spacial score (nSPS) is 13.6. The minimum Gasteiger partial charge on any atom is -0.451 e. The first-order chi connectivity index (χ1) is 17.8. The zero-order valence-electron chi connectivity index (χ0n) is 19.0. The molecule has 5 rings (SSSR count). The molecule has 1 amide bonds. The number of fused-ring (bicyclic) bond motifs is 1. The number of benzene rings is 3. The standard InChI is InChI=1S/C25H18ClF4N5O2/c26-15-3-1-13(9-16(15)27)25(36)34-20-11-17(28)24(23(30)22(20)29)37-14-2-4-18-19(10-14)33-21(12-32-18)35-7-5-31-6-8-35/h1-4,9-12,31H,5-8H2,(H,34,36). The first-order valence-corrected chi connectivity index (χ1v) is 11.5. The molecular formula is C25H18ClF4N5O2. The van der Waals surface area contributed by atoms with Gasteiger partial charge in [0.2, 0.25) is 11.6 Å². The lowest BCUT2D eigenvalue weighted by Crippen LogP contribution is -2.43. The first-order valence-electron chi connectivity index (χ1n) is 11.1. The summed E-state index contributed by atoms with van der Waals surface area (Å²) in [7, 11) is 0. The van der Waals surface area contributed by atoms with Crippen molar-refractivity contribution in [1.29, 1.82) is 0 Å². The third-order valence-corrected chi connectivity index (χ3v) is 6.01. The molecule has 1 aliphatic rings. The van der Waals surface area contributed by atoms with Gasteiger partial charge in [-0.25, -0.2) is 18.2 Å². The second-order valence-electron chi connectivity index (χ2n) is 8.16. The Labute approximate surface area is 213 Å². The van der Waals surface area contributed by atoms with E-state index in [1.165, 1.54) is 18.2 Å². The molecule has 0 bridgehead atoms. The largest absolute Gasteiger partial charge is 0.451 e. The van der Waals surface area contributed by atoms with Crippen molar-refractivity contribution in [3.05, 3.63) is 82.5 Å². The molecule has 1 fully saturated rings. The fourth-order valence-corrected chi connectivity index (χ4v) is 3.92. The van der Waals surface area contributed by atoms with E-state index in [1.54, 1.807) is 12.3 Å². The summed E-state index contributed by atoms with van der Waals surface area (Å²) in [6.45, 7) is 3.11. The van der Waals surface area contributed by atoms with Crippen LogP contribution < -0.4 is 20.3 Å². The van der Waals surface area contributed by atoms with Crippen LogP contribution >= 0.6 is 11.6 Å². The number of amides is 1. The Bertz CT molecular complexity index is 1510. The van der Waals surface area contributed by atoms with E-state index in [1.807, 2.05) is 5.32 Å². The summed E-state index contributed by atoms with van der Waals surface area (Å²) in [6, 6.07) is 8.11. The summed E-state index contributed by atoms with van der Waals surface area (Å²) in [6.07, 6.45) is 1.65. The molecule has 1 aliphatic heterocycles. The number of carbonyl (C=O) groups is 1. The van der Waals surface area contributed by atoms with Gasteiger partial charge in [0.05, 0.1) is 27.9 Å². The number of hydrogen-bond acceptors (Lipinski definition) is 6. The van der Waals surface area contributed by atoms with Crippen LogP contribution in [-0.2, 0) is 0 Å². The minimum absolute atomic E-state index is 0.00452. The molecular weight excluding hydrogens is 514 g/mol. The van der Waals surface area contributed by atoms with Crippen molar-refractivity contribution < 1.29 is 27.1 Å². The van der Waals surface area contributed by atoms with Gasteiger partial charge in [-0.2, -0.15) is 4.39 Å². The highest BCUT2D eigenvalue weighted by atomic mass is 35.5. The average molecular weight is 532 g/mol. The highest BCUT2D eigenvalue weighted by Crippen LogP contribution is 2.34. The highest BCUT2D eigenvalue weighted by Gasteiger charge is 2.23. The van der Waals surface area contributed by atoms with Crippen molar-refractivity contribution in [3.63, 3.8) is 0 Å². The summed E-state index contributed by atoms with van der Waals surface area (Å²) in [5.74, 6) is -6.69. The van der Waals surface area contributed by atoms with Crippen LogP contribution in [0.3, 0.4) is 0 Å². The smallest absolute Gasteiger partial charge is 0.255 e. The number of aromatic nitrogens is 2. The summed E-state index contributed by atoms with van der Waals surface area (Å²) in [5.41, 5.74) is -0.0448. The summed E-state index contributed by atoms with van der Waals surface area (Å²) in [5, 5.41) is 5.04. The lowest BCUT2D eigenvalue weighted by Gasteiger charge is -2.28. The molecule has 0 aliphatic carbocycles. The zero-order chi connectivity index (χ0) is 26.1. The van der Waals surface area contributed by atoms with Crippen LogP contribution in [-0.4, -0.2) is 42.1 Å². The molecule has 2 N–H and O–H groups in total. The molecule has 7 nitrogen and oxygen atoms in total. The Morgan fingerprint density at radius 1 is 0.973 bits per heavy atom. The van der Waals surface area contributed by atoms with E-state index in [0.29, 0.717) is 22.9 Å². The Morgan fingerprint density at radius 3 is 2.51 bits per heavy atom. The maximum absolute atomic E-state index is 14.8. The Hall–Kier alpha value is -3.96. The van der Waals surface area contributed by atoms with E-state index in [-0.39, 0.29) is 16.3 Å². The third kappa shape index (κ3) is 5.13. The molecule has 1 aromatic heterocycles. The number of hydrogen-bond donors (Lipinski definition) is 2. The van der Waals surface area contributed by atoms with Crippen LogP contribution in [0, 0.1) is 23.3 Å². The number of nitrogens with zero attached hydrogens (tertiary/aromatic N) is 3. The summed E-state index contributed by atoms with van der Waals surface area (Å²) >= 11 is 5.58. The first kappa shape index (κ1) is 24.7. The second-order valence-corrected chi connectivity index (χ2v) is 8.57. The van der Waals surface area contributed by atoms with Crippen LogP contribution in [0.2, 0.25) is 5.02 Å². The van der Waals surface area contributed by atoms with Gasteiger partial charge in [-0.05, 0) is 30.3 Å². The monoisotopic (exact) mass is 531 g/mol. The van der Waals surface area contributed by atoms with Crippen molar-refractivity contribution in [2.45, 2.75) is 0 Å². The van der Waals surface area contributed by atoms with Gasteiger partial charge in [0.25, 0.3) is 5.91 Å². The summed E-state index contributed by atoms with van der Waals surface area (Å²) < 4.78 is 63.2. The fourth-order valence-electron chi connectivity index (χ4n) is 3.80. The van der Waals surface area contributed by atoms with Crippen LogP contribution in [0.1, 0.15) is 10.4 Å². The number of ether oxygens (including phenoxy) is 1. The predicted octanol–water partition coefficient (Wildman–Crippen LogP) is 5.29. The molecule has 1 saturated heterocycles. The molecule has 12 heteroatoms. The Balaban J connectivity index is 1.39. The molecule has 0 unspecified atom stereocenters. The molecule has 37 heavy (non-hydrogen) atoms. The molecule has 0 spiro atoms. The minimum atomic E-state index is -1.65. The van der Waals surface area contributed by atoms with E-state index < -0.39 is 40.6 Å². The van der Waals surface area contributed by atoms with E-state index >= 15 is 0 Å². The Morgan fingerprint density at radius 2 is 1.76 bits per heavy atom. The molecule has 4 aromatic rings. The van der Waals surface area contributed by atoms with Gasteiger partial charge < -0.3 is 20.3 Å². The van der Waals surface area contributed by atoms with Crippen LogP contribution in [0.25, 0.3) is 11.0 Å². The lowest BCUT2D eigenvalue weighted by atomic mass is 10.2. The predicted molar refractivity (Wildman–Crippen MR) is 130 cm³/mol. The SMILES string of the molecule is O=C(Nc1cc(F)c(Oc2ccc3ncc(N4CCNCC4)nc3c2)c(F)c1F)c1ccc(Cl)c(F)c1. The molecule has 190 valence electrons. The Kier molecular flexibility index (Phi) is 6.81. The van der Waals surface area contributed by atoms with E-state index in [0.717, 1.165) is 38.3 Å². The van der Waals surface area contributed by atoms with Gasteiger partial charge in [-0.1, -0.05) is 11.6 Å². The van der Waals surface area contributed by atoms with Crippen LogP contribution in [0.15, 0.2) is 48.7 Å². The molecule has 3 aromatic carbocycles. The van der Waals surface area contributed by atoms with Gasteiger partial charge >= 0.3 is 0 Å². The number of anilines is 2. The van der Waals surface area contributed by atoms with Gasteiger partial charge in [0.1, 0.15) is 17.4 Å². The number of carbonyl (C=O) groups excluding carboxylic acids is 1. The van der Waals surface area contributed by atoms with Crippen molar-refractivity contribution in [2.75, 3.05) is 36.4 Å². The maximum atomic E-state index is 14.8. The molecule has 2 heterocycles. The molecule has 0 saturated carbocycles. The zero-order valence-corrected chi connectivity index (χ0v) is 19.8. The van der Waals surface area contributed by atoms with Gasteiger partial charge in [0, 0.05) is 43.9 Å². The molecule has 0 atom stereocenters. The van der Waals surface area contributed by atoms with Crippen molar-refractivity contribution in [3.8, 4) is 11.5 Å². The number of nitrogens with one attached hydrogen (secondary N) is 2. The molecule has 0 radical (unpaired) electrons. The number of rotatable bonds is 5. The summed E-state index contributed by atoms with van der Waals surface area (Å²) in [4.78, 5) is 23.3. The highest BCUT2D eigenvalue weighted by molar-refractivity contribution is 6.30. The van der Waals surface area contributed by atoms with Gasteiger partial charge in [-0.3, -0.25) is 9.78 Å². The van der Waals surface area contributed by atoms with E-state index in [2.05, 4.69) is 20.2 Å². The van der Waals surface area contributed by atoms with Crippen molar-refractivity contribution in [2.24, 2.45) is 0 Å². The quantitative estimate of drug-likeness (QED) is 0.269. The topological polar surface area (TPSA) is 79.4 Å². The van der Waals surface area contributed by atoms with Crippen molar-refractivity contribution in [1.82, 2.24) is 15.3 Å². The fraction of sp³-hybridized carbons (Fsp3) is 0.160. The van der Waals surface area contributed by atoms with Crippen molar-refractivity contribution >= 4 is 40.0 Å². The van der Waals surface area contributed by atoms with Crippen LogP contribution in [0.5, 0.6) is 11.5 Å². The lowest BCUT2D eigenvalue weighted by molar-refractivity contribution is 0.102. The van der Waals surface area contributed by atoms with E-state index in [4.69, 9.17) is 16.3 Å². The third-order valence-electron chi connectivity index (χ3n) is 5.71. The van der Waals surface area contributed by atoms with Gasteiger partial charge in [0.15, 0.2) is 11.6 Å².